The molecule has 0 aliphatic rings. The first-order valence-electron chi connectivity index (χ1n) is 5.97. The second-order valence-corrected chi connectivity index (χ2v) is 7.14. The first-order valence-corrected chi connectivity index (χ1v) is 8.21. The second kappa shape index (κ2) is 6.41. The molecule has 0 atom stereocenters. The molecule has 3 N–H and O–H groups in total. The van der Waals surface area contributed by atoms with Crippen molar-refractivity contribution in [3.63, 3.8) is 0 Å². The number of nitrogens with two attached hydrogens (primary N) is 1. The fourth-order valence-electron chi connectivity index (χ4n) is 1.51. The van der Waals surface area contributed by atoms with Gasteiger partial charge in [-0.15, -0.1) is 0 Å². The van der Waals surface area contributed by atoms with Crippen molar-refractivity contribution in [3.8, 4) is 0 Å². The van der Waals surface area contributed by atoms with E-state index in [4.69, 9.17) is 28.9 Å². The lowest BCUT2D eigenvalue weighted by Gasteiger charge is -2.26. The molecular weight excluding hydrogens is 307 g/mol. The van der Waals surface area contributed by atoms with Crippen molar-refractivity contribution >= 4 is 33.2 Å². The highest BCUT2D eigenvalue weighted by molar-refractivity contribution is 7.89. The highest BCUT2D eigenvalue weighted by Crippen LogP contribution is 2.22. The maximum atomic E-state index is 12.1. The normalized spacial score (nSPS) is 12.7. The minimum atomic E-state index is -3.66. The van der Waals surface area contributed by atoms with Crippen molar-refractivity contribution in [2.75, 3.05) is 6.54 Å². The number of rotatable bonds is 6. The van der Waals surface area contributed by atoms with Crippen LogP contribution in [0.1, 0.15) is 26.7 Å². The minimum Gasteiger partial charge on any atom is -0.324 e. The third-order valence-electron chi connectivity index (χ3n) is 3.17. The fourth-order valence-corrected chi connectivity index (χ4v) is 3.37. The molecule has 0 heterocycles. The molecule has 0 radical (unpaired) electrons. The summed E-state index contributed by atoms with van der Waals surface area (Å²) in [6.45, 7) is 4.02. The van der Waals surface area contributed by atoms with Crippen LogP contribution < -0.4 is 10.5 Å². The Kier molecular flexibility index (Phi) is 5.65. The molecule has 1 aromatic carbocycles. The van der Waals surface area contributed by atoms with E-state index in [0.29, 0.717) is 12.8 Å². The number of halogens is 2. The monoisotopic (exact) mass is 324 g/mol. The summed E-state index contributed by atoms with van der Waals surface area (Å²) in [6, 6.07) is 4.19. The van der Waals surface area contributed by atoms with E-state index in [-0.39, 0.29) is 21.5 Å². The minimum absolute atomic E-state index is 0.0413. The van der Waals surface area contributed by atoms with Gasteiger partial charge in [-0.3, -0.25) is 0 Å². The zero-order valence-electron chi connectivity index (χ0n) is 10.9. The van der Waals surface area contributed by atoms with Crippen molar-refractivity contribution in [2.45, 2.75) is 37.1 Å². The Morgan fingerprint density at radius 1 is 1.16 bits per heavy atom. The van der Waals surface area contributed by atoms with E-state index in [1.54, 1.807) is 0 Å². The zero-order valence-corrected chi connectivity index (χ0v) is 13.2. The first kappa shape index (κ1) is 16.7. The number of nitrogens with one attached hydrogen (secondary N) is 1. The van der Waals surface area contributed by atoms with Crippen LogP contribution in [-0.2, 0) is 10.0 Å². The Bertz CT molecular complexity index is 522. The lowest BCUT2D eigenvalue weighted by atomic mass is 9.95. The van der Waals surface area contributed by atoms with E-state index in [2.05, 4.69) is 4.72 Å². The van der Waals surface area contributed by atoms with Gasteiger partial charge in [-0.1, -0.05) is 37.0 Å². The molecule has 19 heavy (non-hydrogen) atoms. The van der Waals surface area contributed by atoms with Crippen LogP contribution in [0.5, 0.6) is 0 Å². The van der Waals surface area contributed by atoms with Crippen LogP contribution >= 0.6 is 23.2 Å². The van der Waals surface area contributed by atoms with E-state index in [9.17, 15) is 8.42 Å². The average Bonchev–Trinajstić information content (AvgIpc) is 2.35. The standard InChI is InChI=1S/C12H18Cl2N2O2S/c1-3-12(15,4-2)8-16-19(17,18)11-6-9(13)5-10(14)7-11/h5-7,16H,3-4,8,15H2,1-2H3. The summed E-state index contributed by atoms with van der Waals surface area (Å²) in [5.41, 5.74) is 5.52. The molecule has 1 aromatic rings. The first-order chi connectivity index (χ1) is 8.72. The van der Waals surface area contributed by atoms with Gasteiger partial charge in [0.15, 0.2) is 0 Å². The molecule has 0 aliphatic carbocycles. The summed E-state index contributed by atoms with van der Waals surface area (Å²) in [4.78, 5) is 0.0413. The fraction of sp³-hybridized carbons (Fsp3) is 0.500. The molecule has 0 unspecified atom stereocenters. The largest absolute Gasteiger partial charge is 0.324 e. The quantitative estimate of drug-likeness (QED) is 0.845. The van der Waals surface area contributed by atoms with Crippen LogP contribution in [0.15, 0.2) is 23.1 Å². The van der Waals surface area contributed by atoms with E-state index in [1.807, 2.05) is 13.8 Å². The molecule has 0 saturated carbocycles. The van der Waals surface area contributed by atoms with Gasteiger partial charge in [-0.2, -0.15) is 0 Å². The predicted octanol–water partition coefficient (Wildman–Crippen LogP) is 2.79. The van der Waals surface area contributed by atoms with Crippen LogP contribution in [0, 0.1) is 0 Å². The van der Waals surface area contributed by atoms with E-state index in [0.717, 1.165) is 0 Å². The molecule has 108 valence electrons. The van der Waals surface area contributed by atoms with Crippen LogP contribution in [0.2, 0.25) is 10.0 Å². The van der Waals surface area contributed by atoms with Gasteiger partial charge in [-0.25, -0.2) is 13.1 Å². The van der Waals surface area contributed by atoms with E-state index >= 15 is 0 Å². The number of hydrogen-bond donors (Lipinski definition) is 2. The Hall–Kier alpha value is -0.330. The van der Waals surface area contributed by atoms with Crippen molar-refractivity contribution in [1.82, 2.24) is 4.72 Å². The topological polar surface area (TPSA) is 72.2 Å². The third-order valence-corrected chi connectivity index (χ3v) is 4.99. The molecule has 0 fully saturated rings. The Labute approximate surface area is 124 Å². The Morgan fingerprint density at radius 2 is 1.63 bits per heavy atom. The lowest BCUT2D eigenvalue weighted by Crippen LogP contribution is -2.49. The predicted molar refractivity (Wildman–Crippen MR) is 79.2 cm³/mol. The summed E-state index contributed by atoms with van der Waals surface area (Å²) in [5.74, 6) is 0. The lowest BCUT2D eigenvalue weighted by molar-refractivity contribution is 0.392. The average molecular weight is 325 g/mol. The molecule has 4 nitrogen and oxygen atoms in total. The maximum absolute atomic E-state index is 12.1. The van der Waals surface area contributed by atoms with Crippen molar-refractivity contribution in [1.29, 1.82) is 0 Å². The third kappa shape index (κ3) is 4.61. The van der Waals surface area contributed by atoms with Gasteiger partial charge >= 0.3 is 0 Å². The summed E-state index contributed by atoms with van der Waals surface area (Å²) in [5, 5.41) is 0.552. The molecular formula is C12H18Cl2N2O2S. The SMILES string of the molecule is CCC(N)(CC)CNS(=O)(=O)c1cc(Cl)cc(Cl)c1. The van der Waals surface area contributed by atoms with Crippen LogP contribution in [-0.4, -0.2) is 20.5 Å². The van der Waals surface area contributed by atoms with Gasteiger partial charge in [0.2, 0.25) is 10.0 Å². The summed E-state index contributed by atoms with van der Waals surface area (Å²) in [6.07, 6.45) is 1.37. The smallest absolute Gasteiger partial charge is 0.240 e. The van der Waals surface area contributed by atoms with Gasteiger partial charge in [0, 0.05) is 22.1 Å². The van der Waals surface area contributed by atoms with Crippen molar-refractivity contribution < 1.29 is 8.42 Å². The molecule has 0 bridgehead atoms. The van der Waals surface area contributed by atoms with Crippen molar-refractivity contribution in [2.24, 2.45) is 5.73 Å². The van der Waals surface area contributed by atoms with Gasteiger partial charge in [0.05, 0.1) is 4.90 Å². The molecule has 7 heteroatoms. The highest BCUT2D eigenvalue weighted by Gasteiger charge is 2.24. The van der Waals surface area contributed by atoms with E-state index < -0.39 is 15.6 Å². The molecule has 0 saturated heterocycles. The Morgan fingerprint density at radius 3 is 2.05 bits per heavy atom. The van der Waals surface area contributed by atoms with E-state index in [1.165, 1.54) is 18.2 Å². The number of benzene rings is 1. The second-order valence-electron chi connectivity index (χ2n) is 4.50. The van der Waals surface area contributed by atoms with Gasteiger partial charge in [0.1, 0.15) is 0 Å². The summed E-state index contributed by atoms with van der Waals surface area (Å²) in [7, 11) is -3.66. The summed E-state index contributed by atoms with van der Waals surface area (Å²) < 4.78 is 26.8. The Balaban J connectivity index is 2.93. The molecule has 1 rings (SSSR count). The molecule has 0 aliphatic heterocycles. The van der Waals surface area contributed by atoms with Crippen LogP contribution in [0.25, 0.3) is 0 Å². The summed E-state index contributed by atoms with van der Waals surface area (Å²) >= 11 is 11.6. The molecule has 0 spiro atoms. The highest BCUT2D eigenvalue weighted by atomic mass is 35.5. The van der Waals surface area contributed by atoms with Crippen molar-refractivity contribution in [3.05, 3.63) is 28.2 Å². The zero-order chi connectivity index (χ0) is 14.7. The molecule has 0 aromatic heterocycles. The molecule has 0 amide bonds. The number of sulfonamides is 1. The number of hydrogen-bond acceptors (Lipinski definition) is 3. The van der Waals surface area contributed by atoms with Crippen LogP contribution in [0.4, 0.5) is 0 Å². The van der Waals surface area contributed by atoms with Gasteiger partial charge < -0.3 is 5.73 Å². The van der Waals surface area contributed by atoms with Crippen LogP contribution in [0.3, 0.4) is 0 Å². The maximum Gasteiger partial charge on any atom is 0.240 e. The van der Waals surface area contributed by atoms with Gasteiger partial charge in [0.25, 0.3) is 0 Å². The van der Waals surface area contributed by atoms with Gasteiger partial charge in [-0.05, 0) is 31.0 Å².